The van der Waals surface area contributed by atoms with Crippen LogP contribution in [-0.2, 0) is 11.3 Å². The first-order valence-electron chi connectivity index (χ1n) is 5.84. The number of halogens is 1. The zero-order chi connectivity index (χ0) is 13.5. The number of pyridine rings is 1. The Morgan fingerprint density at radius 2 is 2.05 bits per heavy atom. The first-order valence-corrected chi connectivity index (χ1v) is 5.84. The smallest absolute Gasteiger partial charge is 0.244 e. The molecule has 0 radical (unpaired) electrons. The molecular weight excluding hydrogens is 243 g/mol. The highest BCUT2D eigenvalue weighted by atomic mass is 19.1. The van der Waals surface area contributed by atoms with Gasteiger partial charge in [0.05, 0.1) is 0 Å². The number of carbonyl (C=O) groups excluding carboxylic acids is 1. The highest BCUT2D eigenvalue weighted by Gasteiger charge is 1.98. The summed E-state index contributed by atoms with van der Waals surface area (Å²) in [6.45, 7) is 0.303. The molecule has 1 aromatic heterocycles. The fourth-order valence-corrected chi connectivity index (χ4v) is 1.54. The van der Waals surface area contributed by atoms with Crippen LogP contribution in [0.5, 0.6) is 0 Å². The van der Waals surface area contributed by atoms with Crippen molar-refractivity contribution in [1.29, 1.82) is 0 Å². The largest absolute Gasteiger partial charge is 0.348 e. The molecule has 2 aromatic rings. The lowest BCUT2D eigenvalue weighted by atomic mass is 10.2. The van der Waals surface area contributed by atoms with Gasteiger partial charge in [-0.05, 0) is 41.5 Å². The maximum atomic E-state index is 12.9. The van der Waals surface area contributed by atoms with Gasteiger partial charge in [-0.15, -0.1) is 0 Å². The molecule has 1 amide bonds. The SMILES string of the molecule is O=C(C=Cc1ccncc1)NCc1cccc(F)c1. The van der Waals surface area contributed by atoms with Crippen molar-refractivity contribution in [3.63, 3.8) is 0 Å². The zero-order valence-corrected chi connectivity index (χ0v) is 10.2. The van der Waals surface area contributed by atoms with Crippen LogP contribution in [0.1, 0.15) is 11.1 Å². The minimum atomic E-state index is -0.306. The Balaban J connectivity index is 1.87. The molecule has 0 unspecified atom stereocenters. The lowest BCUT2D eigenvalue weighted by molar-refractivity contribution is -0.116. The second kappa shape index (κ2) is 6.44. The second-order valence-corrected chi connectivity index (χ2v) is 3.96. The second-order valence-electron chi connectivity index (χ2n) is 3.96. The van der Waals surface area contributed by atoms with E-state index < -0.39 is 0 Å². The van der Waals surface area contributed by atoms with Gasteiger partial charge in [0.1, 0.15) is 5.82 Å². The molecule has 0 spiro atoms. The lowest BCUT2D eigenvalue weighted by Crippen LogP contribution is -2.20. The van der Waals surface area contributed by atoms with Crippen molar-refractivity contribution in [3.8, 4) is 0 Å². The molecule has 19 heavy (non-hydrogen) atoms. The van der Waals surface area contributed by atoms with Crippen molar-refractivity contribution in [2.45, 2.75) is 6.54 Å². The van der Waals surface area contributed by atoms with E-state index in [0.717, 1.165) is 11.1 Å². The molecule has 0 aliphatic rings. The van der Waals surface area contributed by atoms with E-state index in [9.17, 15) is 9.18 Å². The zero-order valence-electron chi connectivity index (χ0n) is 10.2. The van der Waals surface area contributed by atoms with Crippen LogP contribution >= 0.6 is 0 Å². The number of benzene rings is 1. The van der Waals surface area contributed by atoms with Gasteiger partial charge in [0.2, 0.25) is 5.91 Å². The van der Waals surface area contributed by atoms with Crippen molar-refractivity contribution < 1.29 is 9.18 Å². The Hall–Kier alpha value is -2.49. The third-order valence-corrected chi connectivity index (χ3v) is 2.49. The number of hydrogen-bond donors (Lipinski definition) is 1. The lowest BCUT2D eigenvalue weighted by Gasteiger charge is -2.02. The number of nitrogens with zero attached hydrogens (tertiary/aromatic N) is 1. The standard InChI is InChI=1S/C15H13FN2O/c16-14-3-1-2-13(10-14)11-18-15(19)5-4-12-6-8-17-9-7-12/h1-10H,11H2,(H,18,19). The van der Waals surface area contributed by atoms with Gasteiger partial charge >= 0.3 is 0 Å². The minimum absolute atomic E-state index is 0.221. The van der Waals surface area contributed by atoms with Gasteiger partial charge < -0.3 is 5.32 Å². The van der Waals surface area contributed by atoms with E-state index in [-0.39, 0.29) is 11.7 Å². The molecule has 0 aliphatic heterocycles. The maximum Gasteiger partial charge on any atom is 0.244 e. The molecule has 2 rings (SSSR count). The van der Waals surface area contributed by atoms with Gasteiger partial charge in [0.25, 0.3) is 0 Å². The predicted octanol–water partition coefficient (Wildman–Crippen LogP) is 2.55. The van der Waals surface area contributed by atoms with E-state index in [2.05, 4.69) is 10.3 Å². The molecule has 0 aliphatic carbocycles. The van der Waals surface area contributed by atoms with Gasteiger partial charge in [0.15, 0.2) is 0 Å². The number of nitrogens with one attached hydrogen (secondary N) is 1. The monoisotopic (exact) mass is 256 g/mol. The highest BCUT2D eigenvalue weighted by molar-refractivity contribution is 5.91. The Labute approximate surface area is 110 Å². The number of amides is 1. The number of carbonyl (C=O) groups is 1. The summed E-state index contributed by atoms with van der Waals surface area (Å²) in [5.41, 5.74) is 1.63. The summed E-state index contributed by atoms with van der Waals surface area (Å²) in [4.78, 5) is 15.5. The predicted molar refractivity (Wildman–Crippen MR) is 71.5 cm³/mol. The van der Waals surface area contributed by atoms with E-state index >= 15 is 0 Å². The fraction of sp³-hybridized carbons (Fsp3) is 0.0667. The molecule has 0 saturated carbocycles. The average Bonchev–Trinajstić information content (AvgIpc) is 2.44. The molecule has 4 heteroatoms. The van der Waals surface area contributed by atoms with Crippen LogP contribution in [0.4, 0.5) is 4.39 Å². The number of hydrogen-bond acceptors (Lipinski definition) is 2. The topological polar surface area (TPSA) is 42.0 Å². The summed E-state index contributed by atoms with van der Waals surface area (Å²) >= 11 is 0. The van der Waals surface area contributed by atoms with Crippen molar-refractivity contribution in [1.82, 2.24) is 10.3 Å². The van der Waals surface area contributed by atoms with E-state index in [4.69, 9.17) is 0 Å². The van der Waals surface area contributed by atoms with E-state index in [1.165, 1.54) is 18.2 Å². The fourth-order valence-electron chi connectivity index (χ4n) is 1.54. The Morgan fingerprint density at radius 3 is 2.79 bits per heavy atom. The summed E-state index contributed by atoms with van der Waals surface area (Å²) in [7, 11) is 0. The van der Waals surface area contributed by atoms with E-state index in [0.29, 0.717) is 6.54 Å². The maximum absolute atomic E-state index is 12.9. The van der Waals surface area contributed by atoms with Crippen LogP contribution < -0.4 is 5.32 Å². The third kappa shape index (κ3) is 4.35. The van der Waals surface area contributed by atoms with Gasteiger partial charge in [-0.3, -0.25) is 9.78 Å². The quantitative estimate of drug-likeness (QED) is 0.854. The summed E-state index contributed by atoms with van der Waals surface area (Å²) < 4.78 is 12.9. The molecule has 0 atom stereocenters. The van der Waals surface area contributed by atoms with Gasteiger partial charge in [-0.2, -0.15) is 0 Å². The van der Waals surface area contributed by atoms with Crippen molar-refractivity contribution in [3.05, 3.63) is 71.8 Å². The third-order valence-electron chi connectivity index (χ3n) is 2.49. The van der Waals surface area contributed by atoms with Crippen LogP contribution in [0, 0.1) is 5.82 Å². The van der Waals surface area contributed by atoms with E-state index in [1.807, 2.05) is 0 Å². The first kappa shape index (κ1) is 13.0. The van der Waals surface area contributed by atoms with Crippen molar-refractivity contribution >= 4 is 12.0 Å². The number of aromatic nitrogens is 1. The Kier molecular flexibility index (Phi) is 4.39. The number of rotatable bonds is 4. The van der Waals surface area contributed by atoms with Crippen molar-refractivity contribution in [2.75, 3.05) is 0 Å². The molecular formula is C15H13FN2O. The van der Waals surface area contributed by atoms with Crippen LogP contribution in [0.3, 0.4) is 0 Å². The van der Waals surface area contributed by atoms with Crippen LogP contribution in [-0.4, -0.2) is 10.9 Å². The highest BCUT2D eigenvalue weighted by Crippen LogP contribution is 2.03. The van der Waals surface area contributed by atoms with Gasteiger partial charge in [0, 0.05) is 25.0 Å². The summed E-state index contributed by atoms with van der Waals surface area (Å²) in [6, 6.07) is 9.74. The van der Waals surface area contributed by atoms with Gasteiger partial charge in [-0.25, -0.2) is 4.39 Å². The molecule has 1 N–H and O–H groups in total. The normalized spacial score (nSPS) is 10.6. The molecule has 3 nitrogen and oxygen atoms in total. The Morgan fingerprint density at radius 1 is 1.26 bits per heavy atom. The summed E-state index contributed by atoms with van der Waals surface area (Å²) in [5.74, 6) is -0.528. The average molecular weight is 256 g/mol. The molecule has 1 aromatic carbocycles. The van der Waals surface area contributed by atoms with Gasteiger partial charge in [-0.1, -0.05) is 12.1 Å². The molecule has 1 heterocycles. The Bertz CT molecular complexity index is 582. The minimum Gasteiger partial charge on any atom is -0.348 e. The summed E-state index contributed by atoms with van der Waals surface area (Å²) in [5, 5.41) is 2.69. The summed E-state index contributed by atoms with van der Waals surface area (Å²) in [6.07, 6.45) is 6.45. The van der Waals surface area contributed by atoms with Crippen LogP contribution in [0.15, 0.2) is 54.9 Å². The van der Waals surface area contributed by atoms with Crippen LogP contribution in [0.25, 0.3) is 6.08 Å². The molecule has 0 bridgehead atoms. The molecule has 96 valence electrons. The van der Waals surface area contributed by atoms with E-state index in [1.54, 1.807) is 42.7 Å². The molecule has 0 saturated heterocycles. The first-order chi connectivity index (χ1) is 9.24. The van der Waals surface area contributed by atoms with Crippen molar-refractivity contribution in [2.24, 2.45) is 0 Å². The van der Waals surface area contributed by atoms with Crippen LogP contribution in [0.2, 0.25) is 0 Å². The molecule has 0 fully saturated rings.